The van der Waals surface area contributed by atoms with E-state index >= 15 is 0 Å². The third-order valence-corrected chi connectivity index (χ3v) is 4.79. The van der Waals surface area contributed by atoms with Crippen LogP contribution in [0.3, 0.4) is 0 Å². The van der Waals surface area contributed by atoms with Gasteiger partial charge in [0.1, 0.15) is 11.5 Å². The van der Waals surface area contributed by atoms with Crippen LogP contribution in [0.4, 0.5) is 5.13 Å². The van der Waals surface area contributed by atoms with E-state index in [2.05, 4.69) is 31.4 Å². The number of rotatable bonds is 6. The quantitative estimate of drug-likeness (QED) is 0.450. The van der Waals surface area contributed by atoms with Crippen LogP contribution in [0.25, 0.3) is 11.3 Å². The number of halogens is 1. The summed E-state index contributed by atoms with van der Waals surface area (Å²) in [7, 11) is 3.29. The summed E-state index contributed by atoms with van der Waals surface area (Å²) in [6.45, 7) is 0. The molecule has 1 N–H and O–H groups in total. The van der Waals surface area contributed by atoms with Crippen molar-refractivity contribution in [1.29, 1.82) is 0 Å². The lowest BCUT2D eigenvalue weighted by atomic mass is 10.2. The molecule has 0 saturated carbocycles. The standard InChI is InChI=1S/C18H16BrN3O2S/c1-23-14-5-3-4-13(9-14)16-11-25-18(21-16)22-20-10-12-6-7-17(24-2)15(19)8-12/h3-11H,1-2H3,(H,21,22)/b20-10-. The maximum atomic E-state index is 5.25. The van der Waals surface area contributed by atoms with Gasteiger partial charge in [0.2, 0.25) is 5.13 Å². The van der Waals surface area contributed by atoms with E-state index in [0.717, 1.165) is 37.9 Å². The maximum Gasteiger partial charge on any atom is 0.203 e. The first kappa shape index (κ1) is 17.4. The molecule has 0 spiro atoms. The number of nitrogens with one attached hydrogen (secondary N) is 1. The topological polar surface area (TPSA) is 55.7 Å². The first-order valence-corrected chi connectivity index (χ1v) is 9.09. The summed E-state index contributed by atoms with van der Waals surface area (Å²) in [4.78, 5) is 4.54. The molecule has 0 radical (unpaired) electrons. The Labute approximate surface area is 158 Å². The van der Waals surface area contributed by atoms with Crippen molar-refractivity contribution in [3.8, 4) is 22.8 Å². The highest BCUT2D eigenvalue weighted by Gasteiger charge is 2.05. The Hall–Kier alpha value is -2.38. The van der Waals surface area contributed by atoms with Gasteiger partial charge in [-0.25, -0.2) is 4.98 Å². The van der Waals surface area contributed by atoms with Crippen molar-refractivity contribution in [2.45, 2.75) is 0 Å². The molecule has 0 aliphatic heterocycles. The second-order valence-electron chi connectivity index (χ2n) is 5.03. The highest BCUT2D eigenvalue weighted by molar-refractivity contribution is 9.10. The van der Waals surface area contributed by atoms with Gasteiger partial charge >= 0.3 is 0 Å². The number of thiazole rings is 1. The number of nitrogens with zero attached hydrogens (tertiary/aromatic N) is 2. The van der Waals surface area contributed by atoms with Gasteiger partial charge in [-0.2, -0.15) is 5.10 Å². The van der Waals surface area contributed by atoms with Gasteiger partial charge in [-0.15, -0.1) is 11.3 Å². The monoisotopic (exact) mass is 417 g/mol. The number of benzene rings is 2. The highest BCUT2D eigenvalue weighted by Crippen LogP contribution is 2.27. The van der Waals surface area contributed by atoms with Crippen LogP contribution in [0.2, 0.25) is 0 Å². The van der Waals surface area contributed by atoms with Crippen molar-refractivity contribution in [3.05, 3.63) is 57.9 Å². The minimum atomic E-state index is 0.724. The Kier molecular flexibility index (Phi) is 5.67. The minimum Gasteiger partial charge on any atom is -0.497 e. The molecule has 5 nitrogen and oxygen atoms in total. The van der Waals surface area contributed by atoms with E-state index in [1.54, 1.807) is 20.4 Å². The third-order valence-electron chi connectivity index (χ3n) is 3.42. The lowest BCUT2D eigenvalue weighted by molar-refractivity contribution is 0.412. The smallest absolute Gasteiger partial charge is 0.203 e. The predicted octanol–water partition coefficient (Wildman–Crippen LogP) is 5.04. The van der Waals surface area contributed by atoms with Crippen LogP contribution in [0.5, 0.6) is 11.5 Å². The van der Waals surface area contributed by atoms with Gasteiger partial charge in [0.05, 0.1) is 30.6 Å². The van der Waals surface area contributed by atoms with Crippen LogP contribution in [-0.4, -0.2) is 25.4 Å². The van der Waals surface area contributed by atoms with Gasteiger partial charge in [0.25, 0.3) is 0 Å². The molecule has 2 aromatic carbocycles. The van der Waals surface area contributed by atoms with Gasteiger partial charge in [-0.3, -0.25) is 5.43 Å². The molecule has 0 aliphatic carbocycles. The van der Waals surface area contributed by atoms with Gasteiger partial charge < -0.3 is 9.47 Å². The molecular formula is C18H16BrN3O2S. The number of hydrazone groups is 1. The number of hydrogen-bond acceptors (Lipinski definition) is 6. The normalized spacial score (nSPS) is 10.8. The Morgan fingerprint density at radius 1 is 1.16 bits per heavy atom. The number of methoxy groups -OCH3 is 2. The van der Waals surface area contributed by atoms with Crippen LogP contribution in [0.15, 0.2) is 57.4 Å². The number of aromatic nitrogens is 1. The first-order chi connectivity index (χ1) is 12.2. The van der Waals surface area contributed by atoms with Crippen molar-refractivity contribution in [2.75, 3.05) is 19.6 Å². The molecular weight excluding hydrogens is 402 g/mol. The lowest BCUT2D eigenvalue weighted by Crippen LogP contribution is -1.91. The van der Waals surface area contributed by atoms with E-state index in [4.69, 9.17) is 9.47 Å². The largest absolute Gasteiger partial charge is 0.497 e. The molecule has 0 unspecified atom stereocenters. The average molecular weight is 418 g/mol. The zero-order valence-electron chi connectivity index (χ0n) is 13.7. The molecule has 1 aromatic heterocycles. The van der Waals surface area contributed by atoms with Crippen LogP contribution in [0.1, 0.15) is 5.56 Å². The van der Waals surface area contributed by atoms with Crippen molar-refractivity contribution in [3.63, 3.8) is 0 Å². The predicted molar refractivity (Wildman–Crippen MR) is 106 cm³/mol. The summed E-state index contributed by atoms with van der Waals surface area (Å²) in [6.07, 6.45) is 1.73. The zero-order valence-corrected chi connectivity index (χ0v) is 16.1. The third kappa shape index (κ3) is 4.37. The van der Waals surface area contributed by atoms with Crippen molar-refractivity contribution in [1.82, 2.24) is 4.98 Å². The Morgan fingerprint density at radius 2 is 2.04 bits per heavy atom. The van der Waals surface area contributed by atoms with Crippen LogP contribution >= 0.6 is 27.3 Å². The SMILES string of the molecule is COc1cccc(-c2csc(N/N=C\c3ccc(OC)c(Br)c3)n2)c1. The number of anilines is 1. The summed E-state index contributed by atoms with van der Waals surface area (Å²) in [6, 6.07) is 13.6. The molecule has 3 rings (SSSR count). The van der Waals surface area contributed by atoms with Gasteiger partial charge in [0.15, 0.2) is 0 Å². The Balaban J connectivity index is 1.68. The number of hydrogen-bond donors (Lipinski definition) is 1. The molecule has 1 heterocycles. The second kappa shape index (κ2) is 8.13. The highest BCUT2D eigenvalue weighted by atomic mass is 79.9. The van der Waals surface area contributed by atoms with E-state index in [-0.39, 0.29) is 0 Å². The minimum absolute atomic E-state index is 0.724. The molecule has 0 bridgehead atoms. The van der Waals surface area contributed by atoms with Crippen LogP contribution < -0.4 is 14.9 Å². The molecule has 128 valence electrons. The summed E-state index contributed by atoms with van der Waals surface area (Å²) in [5.41, 5.74) is 5.80. The fourth-order valence-corrected chi connectivity index (χ4v) is 3.39. The number of ether oxygens (including phenoxy) is 2. The van der Waals surface area contributed by atoms with Crippen LogP contribution in [-0.2, 0) is 0 Å². The summed E-state index contributed by atoms with van der Waals surface area (Å²) in [5, 5.41) is 6.94. The lowest BCUT2D eigenvalue weighted by Gasteiger charge is -2.03. The van der Waals surface area contributed by atoms with Gasteiger partial charge in [0, 0.05) is 10.9 Å². The van der Waals surface area contributed by atoms with Gasteiger partial charge in [-0.1, -0.05) is 12.1 Å². The van der Waals surface area contributed by atoms with Crippen LogP contribution in [0, 0.1) is 0 Å². The second-order valence-corrected chi connectivity index (χ2v) is 6.75. The Bertz CT molecular complexity index is 896. The Morgan fingerprint density at radius 3 is 2.80 bits per heavy atom. The molecule has 25 heavy (non-hydrogen) atoms. The molecule has 0 amide bonds. The molecule has 0 atom stereocenters. The molecule has 0 saturated heterocycles. The van der Waals surface area contributed by atoms with Crippen molar-refractivity contribution in [2.24, 2.45) is 5.10 Å². The molecule has 0 fully saturated rings. The molecule has 3 aromatic rings. The summed E-state index contributed by atoms with van der Waals surface area (Å²) < 4.78 is 11.3. The summed E-state index contributed by atoms with van der Waals surface area (Å²) >= 11 is 4.95. The van der Waals surface area contributed by atoms with Crippen molar-refractivity contribution < 1.29 is 9.47 Å². The van der Waals surface area contributed by atoms with E-state index in [0.29, 0.717) is 0 Å². The zero-order chi connectivity index (χ0) is 17.6. The van der Waals surface area contributed by atoms with Gasteiger partial charge in [-0.05, 0) is 51.8 Å². The average Bonchev–Trinajstić information content (AvgIpc) is 3.11. The first-order valence-electron chi connectivity index (χ1n) is 7.42. The van der Waals surface area contributed by atoms with E-state index in [1.165, 1.54) is 11.3 Å². The van der Waals surface area contributed by atoms with E-state index < -0.39 is 0 Å². The summed E-state index contributed by atoms with van der Waals surface area (Å²) in [5.74, 6) is 1.59. The molecule has 7 heteroatoms. The van der Waals surface area contributed by atoms with E-state index in [1.807, 2.05) is 47.8 Å². The van der Waals surface area contributed by atoms with Crippen molar-refractivity contribution >= 4 is 38.6 Å². The van der Waals surface area contributed by atoms with E-state index in [9.17, 15) is 0 Å². The fourth-order valence-electron chi connectivity index (χ4n) is 2.17. The maximum absolute atomic E-state index is 5.25. The fraction of sp³-hybridized carbons (Fsp3) is 0.111. The molecule has 0 aliphatic rings.